The molecule has 1 aromatic carbocycles. The van der Waals surface area contributed by atoms with E-state index in [0.717, 1.165) is 11.1 Å². The van der Waals surface area contributed by atoms with Gasteiger partial charge in [0.2, 0.25) is 0 Å². The molecular formula is C13H13F. The molecule has 0 spiro atoms. The van der Waals surface area contributed by atoms with Crippen molar-refractivity contribution in [3.05, 3.63) is 53.4 Å². The molecule has 0 saturated heterocycles. The maximum Gasteiger partial charge on any atom is 0.123 e. The molecule has 1 heteroatoms. The molecule has 1 aliphatic carbocycles. The second kappa shape index (κ2) is 3.41. The lowest BCUT2D eigenvalue weighted by Gasteiger charge is -2.03. The number of halogens is 1. The summed E-state index contributed by atoms with van der Waals surface area (Å²) < 4.78 is 13.0. The molecule has 14 heavy (non-hydrogen) atoms. The van der Waals surface area contributed by atoms with Crippen molar-refractivity contribution < 1.29 is 4.39 Å². The third-order valence-electron chi connectivity index (χ3n) is 2.50. The predicted octanol–water partition coefficient (Wildman–Crippen LogP) is 3.81. The number of allylic oxidation sites excluding steroid dienone is 4. The molecular weight excluding hydrogens is 175 g/mol. The van der Waals surface area contributed by atoms with Gasteiger partial charge in [-0.1, -0.05) is 31.2 Å². The molecule has 0 fully saturated rings. The average molecular weight is 188 g/mol. The maximum atomic E-state index is 13.0. The number of hydrogen-bond acceptors (Lipinski definition) is 0. The summed E-state index contributed by atoms with van der Waals surface area (Å²) in [6.45, 7) is 4.20. The van der Waals surface area contributed by atoms with E-state index < -0.39 is 0 Å². The normalized spacial score (nSPS) is 20.6. The first-order valence-corrected chi connectivity index (χ1v) is 4.83. The zero-order chi connectivity index (χ0) is 10.1. The molecule has 0 amide bonds. The first-order chi connectivity index (χ1) is 6.66. The highest BCUT2D eigenvalue weighted by molar-refractivity contribution is 5.81. The average Bonchev–Trinajstić information content (AvgIpc) is 2.45. The third-order valence-corrected chi connectivity index (χ3v) is 2.50. The van der Waals surface area contributed by atoms with Crippen LogP contribution in [0, 0.1) is 11.7 Å². The Balaban J connectivity index is 2.42. The zero-order valence-corrected chi connectivity index (χ0v) is 8.42. The van der Waals surface area contributed by atoms with Crippen molar-refractivity contribution in [1.82, 2.24) is 0 Å². The van der Waals surface area contributed by atoms with Gasteiger partial charge in [0.15, 0.2) is 0 Å². The minimum Gasteiger partial charge on any atom is -0.207 e. The zero-order valence-electron chi connectivity index (χ0n) is 8.42. The van der Waals surface area contributed by atoms with Gasteiger partial charge in [-0.15, -0.1) is 0 Å². The maximum absolute atomic E-state index is 13.0. The quantitative estimate of drug-likeness (QED) is 0.628. The van der Waals surface area contributed by atoms with Crippen molar-refractivity contribution in [2.75, 3.05) is 0 Å². The molecule has 2 rings (SSSR count). The van der Waals surface area contributed by atoms with E-state index in [1.807, 2.05) is 6.07 Å². The van der Waals surface area contributed by atoms with Crippen LogP contribution in [0.1, 0.15) is 19.4 Å². The predicted molar refractivity (Wildman–Crippen MR) is 57.3 cm³/mol. The molecule has 1 aromatic rings. The SMILES string of the molecule is CC1=CC(C)C=C1c1cccc(F)c1. The Kier molecular flexibility index (Phi) is 2.24. The van der Waals surface area contributed by atoms with Gasteiger partial charge in [0, 0.05) is 0 Å². The van der Waals surface area contributed by atoms with Crippen LogP contribution in [0.15, 0.2) is 42.0 Å². The van der Waals surface area contributed by atoms with E-state index in [1.54, 1.807) is 12.1 Å². The molecule has 0 N–H and O–H groups in total. The van der Waals surface area contributed by atoms with Crippen LogP contribution in [0.2, 0.25) is 0 Å². The highest BCUT2D eigenvalue weighted by Crippen LogP contribution is 2.31. The van der Waals surface area contributed by atoms with E-state index in [2.05, 4.69) is 26.0 Å². The molecule has 0 radical (unpaired) electrons. The van der Waals surface area contributed by atoms with E-state index in [-0.39, 0.29) is 5.82 Å². The molecule has 0 aromatic heterocycles. The fraction of sp³-hybridized carbons (Fsp3) is 0.231. The monoisotopic (exact) mass is 188 g/mol. The highest BCUT2D eigenvalue weighted by atomic mass is 19.1. The largest absolute Gasteiger partial charge is 0.207 e. The van der Waals surface area contributed by atoms with Crippen LogP contribution in [-0.4, -0.2) is 0 Å². The van der Waals surface area contributed by atoms with Gasteiger partial charge in [0.25, 0.3) is 0 Å². The first-order valence-electron chi connectivity index (χ1n) is 4.83. The molecule has 0 saturated carbocycles. The Morgan fingerprint density at radius 3 is 2.57 bits per heavy atom. The van der Waals surface area contributed by atoms with Gasteiger partial charge in [0.05, 0.1) is 0 Å². The second-order valence-electron chi connectivity index (χ2n) is 3.80. The molecule has 1 aliphatic rings. The van der Waals surface area contributed by atoms with Crippen LogP contribution in [-0.2, 0) is 0 Å². The van der Waals surface area contributed by atoms with Gasteiger partial charge in [-0.3, -0.25) is 0 Å². The summed E-state index contributed by atoms with van der Waals surface area (Å²) in [4.78, 5) is 0. The van der Waals surface area contributed by atoms with Crippen molar-refractivity contribution in [3.8, 4) is 0 Å². The summed E-state index contributed by atoms with van der Waals surface area (Å²) in [5.74, 6) is 0.295. The van der Waals surface area contributed by atoms with Crippen molar-refractivity contribution >= 4 is 5.57 Å². The van der Waals surface area contributed by atoms with Crippen molar-refractivity contribution in [2.24, 2.45) is 5.92 Å². The van der Waals surface area contributed by atoms with Crippen molar-refractivity contribution in [3.63, 3.8) is 0 Å². The lowest BCUT2D eigenvalue weighted by atomic mass is 10.0. The molecule has 0 heterocycles. The topological polar surface area (TPSA) is 0 Å². The van der Waals surface area contributed by atoms with Crippen LogP contribution < -0.4 is 0 Å². The summed E-state index contributed by atoms with van der Waals surface area (Å²) in [6, 6.07) is 6.76. The van der Waals surface area contributed by atoms with E-state index >= 15 is 0 Å². The molecule has 1 atom stereocenters. The summed E-state index contributed by atoms with van der Waals surface area (Å²) in [6.07, 6.45) is 4.37. The lowest BCUT2D eigenvalue weighted by molar-refractivity contribution is 0.627. The summed E-state index contributed by atoms with van der Waals surface area (Å²) in [7, 11) is 0. The van der Waals surface area contributed by atoms with Gasteiger partial charge in [-0.05, 0) is 41.7 Å². The van der Waals surface area contributed by atoms with Crippen LogP contribution in [0.5, 0.6) is 0 Å². The Morgan fingerprint density at radius 1 is 1.21 bits per heavy atom. The van der Waals surface area contributed by atoms with Crippen LogP contribution in [0.3, 0.4) is 0 Å². The fourth-order valence-corrected chi connectivity index (χ4v) is 1.91. The van der Waals surface area contributed by atoms with Gasteiger partial charge in [-0.25, -0.2) is 4.39 Å². The summed E-state index contributed by atoms with van der Waals surface area (Å²) in [5, 5.41) is 0. The molecule has 0 bridgehead atoms. The van der Waals surface area contributed by atoms with E-state index in [9.17, 15) is 4.39 Å². The van der Waals surface area contributed by atoms with E-state index in [4.69, 9.17) is 0 Å². The van der Waals surface area contributed by atoms with Crippen LogP contribution >= 0.6 is 0 Å². The number of hydrogen-bond donors (Lipinski definition) is 0. The van der Waals surface area contributed by atoms with Gasteiger partial charge in [-0.2, -0.15) is 0 Å². The molecule has 72 valence electrons. The van der Waals surface area contributed by atoms with Crippen LogP contribution in [0.25, 0.3) is 5.57 Å². The Labute approximate surface area is 83.8 Å². The smallest absolute Gasteiger partial charge is 0.123 e. The number of rotatable bonds is 1. The standard InChI is InChI=1S/C13H13F/c1-9-6-10(2)13(7-9)11-4-3-5-12(14)8-11/h3-9H,1-2H3. The van der Waals surface area contributed by atoms with Crippen molar-refractivity contribution in [1.29, 1.82) is 0 Å². The molecule has 0 nitrogen and oxygen atoms in total. The van der Waals surface area contributed by atoms with Crippen molar-refractivity contribution in [2.45, 2.75) is 13.8 Å². The molecule has 0 aliphatic heterocycles. The molecule has 1 unspecified atom stereocenters. The minimum absolute atomic E-state index is 0.171. The summed E-state index contributed by atoms with van der Waals surface area (Å²) >= 11 is 0. The van der Waals surface area contributed by atoms with Gasteiger partial charge in [0.1, 0.15) is 5.82 Å². The highest BCUT2D eigenvalue weighted by Gasteiger charge is 2.12. The van der Waals surface area contributed by atoms with E-state index in [0.29, 0.717) is 5.92 Å². The third kappa shape index (κ3) is 1.63. The first kappa shape index (κ1) is 9.20. The fourth-order valence-electron chi connectivity index (χ4n) is 1.91. The van der Waals surface area contributed by atoms with E-state index in [1.165, 1.54) is 11.6 Å². The van der Waals surface area contributed by atoms with Gasteiger partial charge >= 0.3 is 0 Å². The second-order valence-corrected chi connectivity index (χ2v) is 3.80. The van der Waals surface area contributed by atoms with Crippen LogP contribution in [0.4, 0.5) is 4.39 Å². The Morgan fingerprint density at radius 2 is 2.00 bits per heavy atom. The summed E-state index contributed by atoms with van der Waals surface area (Å²) in [5.41, 5.74) is 3.38. The van der Waals surface area contributed by atoms with Gasteiger partial charge < -0.3 is 0 Å². The Hall–Kier alpha value is -1.37. The number of benzene rings is 1. The lowest BCUT2D eigenvalue weighted by Crippen LogP contribution is -1.84. The minimum atomic E-state index is -0.171. The Bertz CT molecular complexity index is 413.